The van der Waals surface area contributed by atoms with Gasteiger partial charge in [0, 0.05) is 18.4 Å². The van der Waals surface area contributed by atoms with E-state index in [1.165, 1.54) is 17.3 Å². The minimum absolute atomic E-state index is 0.0446. The van der Waals surface area contributed by atoms with E-state index < -0.39 is 0 Å². The Labute approximate surface area is 125 Å². The number of amides is 1. The summed E-state index contributed by atoms with van der Waals surface area (Å²) in [6, 6.07) is 8.22. The van der Waals surface area contributed by atoms with Crippen LogP contribution in [0.2, 0.25) is 0 Å². The lowest BCUT2D eigenvalue weighted by Crippen LogP contribution is -2.43. The summed E-state index contributed by atoms with van der Waals surface area (Å²) in [6.07, 6.45) is 6.44. The number of anilines is 1. The summed E-state index contributed by atoms with van der Waals surface area (Å²) >= 11 is 0. The van der Waals surface area contributed by atoms with E-state index in [4.69, 9.17) is 0 Å². The average molecular weight is 285 g/mol. The van der Waals surface area contributed by atoms with Gasteiger partial charge in [-0.25, -0.2) is 0 Å². The van der Waals surface area contributed by atoms with Gasteiger partial charge >= 0.3 is 0 Å². The summed E-state index contributed by atoms with van der Waals surface area (Å²) in [5, 5.41) is 7.55. The van der Waals surface area contributed by atoms with Crippen molar-refractivity contribution in [1.82, 2.24) is 9.88 Å². The molecule has 1 aliphatic rings. The Morgan fingerprint density at radius 1 is 1.38 bits per heavy atom. The minimum Gasteiger partial charge on any atom is -0.347 e. The van der Waals surface area contributed by atoms with E-state index >= 15 is 0 Å². The number of carbonyl (C=O) groups excluding carboxylic acids is 1. The third-order valence-electron chi connectivity index (χ3n) is 4.13. The van der Waals surface area contributed by atoms with Gasteiger partial charge in [-0.3, -0.25) is 4.79 Å². The molecule has 4 nitrogen and oxygen atoms in total. The van der Waals surface area contributed by atoms with Gasteiger partial charge in [0.05, 0.1) is 11.6 Å². The SMILES string of the molecule is CCCn1ccc2ccc(NC(=O)C3CCCCN3)cc21. The Bertz CT molecular complexity index is 626. The van der Waals surface area contributed by atoms with Crippen molar-refractivity contribution >= 4 is 22.5 Å². The van der Waals surface area contributed by atoms with Gasteiger partial charge in [0.25, 0.3) is 0 Å². The lowest BCUT2D eigenvalue weighted by Gasteiger charge is -2.22. The van der Waals surface area contributed by atoms with Crippen LogP contribution in [0.3, 0.4) is 0 Å². The van der Waals surface area contributed by atoms with Crippen molar-refractivity contribution < 1.29 is 4.79 Å². The van der Waals surface area contributed by atoms with Crippen molar-refractivity contribution in [3.63, 3.8) is 0 Å². The largest absolute Gasteiger partial charge is 0.347 e. The van der Waals surface area contributed by atoms with Crippen LogP contribution in [0.25, 0.3) is 10.9 Å². The highest BCUT2D eigenvalue weighted by molar-refractivity contribution is 5.96. The Kier molecular flexibility index (Phi) is 4.25. The number of fused-ring (bicyclic) bond motifs is 1. The molecule has 0 bridgehead atoms. The molecule has 1 atom stereocenters. The predicted octanol–water partition coefficient (Wildman–Crippen LogP) is 3.13. The van der Waals surface area contributed by atoms with Gasteiger partial charge in [0.1, 0.15) is 0 Å². The molecule has 4 heteroatoms. The smallest absolute Gasteiger partial charge is 0.241 e. The molecule has 0 aliphatic carbocycles. The molecule has 3 rings (SSSR count). The Balaban J connectivity index is 1.76. The van der Waals surface area contributed by atoms with E-state index in [1.807, 2.05) is 6.07 Å². The molecule has 1 amide bonds. The number of benzene rings is 1. The molecule has 1 aromatic carbocycles. The topological polar surface area (TPSA) is 46.1 Å². The molecular formula is C17H23N3O. The van der Waals surface area contributed by atoms with Crippen LogP contribution in [-0.2, 0) is 11.3 Å². The second kappa shape index (κ2) is 6.31. The number of hydrogen-bond donors (Lipinski definition) is 2. The first-order valence-electron chi connectivity index (χ1n) is 7.91. The van der Waals surface area contributed by atoms with Crippen molar-refractivity contribution in [3.05, 3.63) is 30.5 Å². The van der Waals surface area contributed by atoms with Crippen molar-refractivity contribution in [2.75, 3.05) is 11.9 Å². The van der Waals surface area contributed by atoms with Crippen molar-refractivity contribution in [3.8, 4) is 0 Å². The molecule has 0 spiro atoms. The van der Waals surface area contributed by atoms with E-state index in [0.29, 0.717) is 0 Å². The molecule has 2 N–H and O–H groups in total. The third kappa shape index (κ3) is 3.10. The zero-order valence-corrected chi connectivity index (χ0v) is 12.6. The van der Waals surface area contributed by atoms with Crippen LogP contribution in [0.4, 0.5) is 5.69 Å². The number of hydrogen-bond acceptors (Lipinski definition) is 2. The normalized spacial score (nSPS) is 18.8. The first-order chi connectivity index (χ1) is 10.3. The van der Waals surface area contributed by atoms with Crippen LogP contribution in [0.15, 0.2) is 30.5 Å². The van der Waals surface area contributed by atoms with Gasteiger partial charge in [0.15, 0.2) is 0 Å². The molecule has 21 heavy (non-hydrogen) atoms. The maximum absolute atomic E-state index is 12.3. The summed E-state index contributed by atoms with van der Waals surface area (Å²) in [7, 11) is 0. The first-order valence-corrected chi connectivity index (χ1v) is 7.91. The molecule has 2 heterocycles. The second-order valence-corrected chi connectivity index (χ2v) is 5.77. The lowest BCUT2D eigenvalue weighted by atomic mass is 10.0. The third-order valence-corrected chi connectivity index (χ3v) is 4.13. The van der Waals surface area contributed by atoms with E-state index in [2.05, 4.69) is 46.5 Å². The van der Waals surface area contributed by atoms with Crippen LogP contribution in [0.5, 0.6) is 0 Å². The summed E-state index contributed by atoms with van der Waals surface area (Å²) < 4.78 is 2.24. The number of piperidine rings is 1. The van der Waals surface area contributed by atoms with Crippen LogP contribution < -0.4 is 10.6 Å². The fourth-order valence-electron chi connectivity index (χ4n) is 3.00. The quantitative estimate of drug-likeness (QED) is 0.906. The van der Waals surface area contributed by atoms with Crippen LogP contribution in [0, 0.1) is 0 Å². The molecule has 0 saturated carbocycles. The lowest BCUT2D eigenvalue weighted by molar-refractivity contribution is -0.118. The van der Waals surface area contributed by atoms with Crippen molar-refractivity contribution in [2.45, 2.75) is 45.2 Å². The number of aryl methyl sites for hydroxylation is 1. The highest BCUT2D eigenvalue weighted by Gasteiger charge is 2.20. The maximum atomic E-state index is 12.3. The molecule has 0 radical (unpaired) electrons. The molecule has 1 aromatic heterocycles. The van der Waals surface area contributed by atoms with Crippen LogP contribution in [-0.4, -0.2) is 23.1 Å². The average Bonchev–Trinajstić information content (AvgIpc) is 2.91. The van der Waals surface area contributed by atoms with E-state index in [-0.39, 0.29) is 11.9 Å². The van der Waals surface area contributed by atoms with Gasteiger partial charge in [-0.1, -0.05) is 19.4 Å². The number of carbonyl (C=O) groups is 1. The van der Waals surface area contributed by atoms with Gasteiger partial charge in [-0.05, 0) is 49.4 Å². The van der Waals surface area contributed by atoms with Crippen LogP contribution in [0.1, 0.15) is 32.6 Å². The monoisotopic (exact) mass is 285 g/mol. The van der Waals surface area contributed by atoms with Gasteiger partial charge in [-0.15, -0.1) is 0 Å². The molecule has 2 aromatic rings. The molecular weight excluding hydrogens is 262 g/mol. The van der Waals surface area contributed by atoms with Gasteiger partial charge in [0.2, 0.25) is 5.91 Å². The Hall–Kier alpha value is -1.81. The summed E-state index contributed by atoms with van der Waals surface area (Å²) in [6.45, 7) is 4.12. The van der Waals surface area contributed by atoms with E-state index in [9.17, 15) is 4.79 Å². The summed E-state index contributed by atoms with van der Waals surface area (Å²) in [5.41, 5.74) is 2.07. The zero-order valence-electron chi connectivity index (χ0n) is 12.6. The number of rotatable bonds is 4. The highest BCUT2D eigenvalue weighted by Crippen LogP contribution is 2.21. The van der Waals surface area contributed by atoms with Gasteiger partial charge in [-0.2, -0.15) is 0 Å². The highest BCUT2D eigenvalue weighted by atomic mass is 16.2. The fraction of sp³-hybridized carbons (Fsp3) is 0.471. The second-order valence-electron chi connectivity index (χ2n) is 5.77. The van der Waals surface area contributed by atoms with Gasteiger partial charge < -0.3 is 15.2 Å². The predicted molar refractivity (Wildman–Crippen MR) is 86.5 cm³/mol. The van der Waals surface area contributed by atoms with Crippen LogP contribution >= 0.6 is 0 Å². The summed E-state index contributed by atoms with van der Waals surface area (Å²) in [5.74, 6) is 0.0858. The summed E-state index contributed by atoms with van der Waals surface area (Å²) in [4.78, 5) is 12.3. The van der Waals surface area contributed by atoms with E-state index in [0.717, 1.165) is 38.0 Å². The maximum Gasteiger partial charge on any atom is 0.241 e. The standard InChI is InChI=1S/C17H23N3O/c1-2-10-20-11-8-13-6-7-14(12-16(13)20)19-17(21)15-5-3-4-9-18-15/h6-8,11-12,15,18H,2-5,9-10H2,1H3,(H,19,21). The molecule has 112 valence electrons. The number of nitrogens with one attached hydrogen (secondary N) is 2. The Morgan fingerprint density at radius 3 is 3.05 bits per heavy atom. The Morgan fingerprint density at radius 2 is 2.29 bits per heavy atom. The van der Waals surface area contributed by atoms with Crippen molar-refractivity contribution in [2.24, 2.45) is 0 Å². The molecule has 1 unspecified atom stereocenters. The number of aromatic nitrogens is 1. The molecule has 1 aliphatic heterocycles. The minimum atomic E-state index is -0.0446. The van der Waals surface area contributed by atoms with E-state index in [1.54, 1.807) is 0 Å². The first kappa shape index (κ1) is 14.1. The number of nitrogens with zero attached hydrogens (tertiary/aromatic N) is 1. The fourth-order valence-corrected chi connectivity index (χ4v) is 3.00. The molecule has 1 fully saturated rings. The van der Waals surface area contributed by atoms with Crippen molar-refractivity contribution in [1.29, 1.82) is 0 Å². The zero-order chi connectivity index (χ0) is 14.7. The molecule has 1 saturated heterocycles.